The van der Waals surface area contributed by atoms with E-state index in [1.54, 1.807) is 35.7 Å². The summed E-state index contributed by atoms with van der Waals surface area (Å²) in [6.45, 7) is 0.887. The molecule has 0 N–H and O–H groups in total. The van der Waals surface area contributed by atoms with E-state index in [0.29, 0.717) is 53.5 Å². The van der Waals surface area contributed by atoms with E-state index in [-0.39, 0.29) is 5.91 Å². The van der Waals surface area contributed by atoms with Gasteiger partial charge in [-0.15, -0.1) is 0 Å². The van der Waals surface area contributed by atoms with Gasteiger partial charge in [0, 0.05) is 39.8 Å². The Morgan fingerprint density at radius 2 is 1.66 bits per heavy atom. The van der Waals surface area contributed by atoms with Gasteiger partial charge in [-0.1, -0.05) is 0 Å². The molecule has 0 bridgehead atoms. The number of amides is 1. The summed E-state index contributed by atoms with van der Waals surface area (Å²) in [7, 11) is 9.19. The van der Waals surface area contributed by atoms with Crippen molar-refractivity contribution in [1.82, 2.24) is 23.6 Å². The molecule has 172 valence electrons. The van der Waals surface area contributed by atoms with Crippen LogP contribution < -0.4 is 25.5 Å². The average Bonchev–Trinajstić information content (AvgIpc) is 3.23. The van der Waals surface area contributed by atoms with Crippen LogP contribution in [0.15, 0.2) is 28.0 Å². The van der Waals surface area contributed by atoms with Crippen molar-refractivity contribution < 1.29 is 19.0 Å². The number of hydrogen-bond acceptors (Lipinski definition) is 7. The summed E-state index contributed by atoms with van der Waals surface area (Å²) in [5.41, 5.74) is 0.262. The summed E-state index contributed by atoms with van der Waals surface area (Å²) >= 11 is 0. The van der Waals surface area contributed by atoms with Crippen LogP contribution in [0.1, 0.15) is 16.8 Å². The van der Waals surface area contributed by atoms with E-state index in [1.807, 2.05) is 0 Å². The van der Waals surface area contributed by atoms with Gasteiger partial charge < -0.3 is 23.7 Å². The molecule has 32 heavy (non-hydrogen) atoms. The van der Waals surface area contributed by atoms with Crippen molar-refractivity contribution in [3.63, 3.8) is 0 Å². The molecule has 1 amide bonds. The molecule has 0 saturated heterocycles. The first-order valence-electron chi connectivity index (χ1n) is 9.91. The molecule has 2 heterocycles. The van der Waals surface area contributed by atoms with Gasteiger partial charge in [0.1, 0.15) is 0 Å². The van der Waals surface area contributed by atoms with Gasteiger partial charge in [-0.05, 0) is 18.6 Å². The molecular weight excluding hydrogens is 418 g/mol. The van der Waals surface area contributed by atoms with Gasteiger partial charge in [-0.3, -0.25) is 18.7 Å². The maximum absolute atomic E-state index is 12.9. The van der Waals surface area contributed by atoms with Crippen LogP contribution in [0.2, 0.25) is 0 Å². The van der Waals surface area contributed by atoms with Crippen molar-refractivity contribution >= 4 is 17.1 Å². The number of ether oxygens (including phenoxy) is 3. The fourth-order valence-electron chi connectivity index (χ4n) is 3.57. The number of carbonyl (C=O) groups excluding carboxylic acids is 1. The number of benzene rings is 1. The van der Waals surface area contributed by atoms with Crippen LogP contribution in [0.5, 0.6) is 17.2 Å². The number of carbonyl (C=O) groups is 1. The van der Waals surface area contributed by atoms with Gasteiger partial charge in [0.2, 0.25) is 5.75 Å². The summed E-state index contributed by atoms with van der Waals surface area (Å²) in [4.78, 5) is 43.3. The van der Waals surface area contributed by atoms with Crippen LogP contribution >= 0.6 is 0 Å². The van der Waals surface area contributed by atoms with E-state index in [1.165, 1.54) is 39.3 Å². The highest BCUT2D eigenvalue weighted by Crippen LogP contribution is 2.38. The summed E-state index contributed by atoms with van der Waals surface area (Å²) in [6, 6.07) is 3.21. The minimum Gasteiger partial charge on any atom is -0.493 e. The van der Waals surface area contributed by atoms with Crippen LogP contribution in [-0.2, 0) is 20.6 Å². The van der Waals surface area contributed by atoms with Gasteiger partial charge in [-0.25, -0.2) is 9.78 Å². The van der Waals surface area contributed by atoms with Crippen molar-refractivity contribution in [3.05, 3.63) is 44.9 Å². The Labute approximate surface area is 184 Å². The first-order chi connectivity index (χ1) is 15.2. The first-order valence-corrected chi connectivity index (χ1v) is 9.91. The number of fused-ring (bicyclic) bond motifs is 1. The van der Waals surface area contributed by atoms with E-state index in [0.717, 1.165) is 4.57 Å². The number of aromatic nitrogens is 4. The highest BCUT2D eigenvalue weighted by molar-refractivity contribution is 5.95. The Morgan fingerprint density at radius 3 is 2.22 bits per heavy atom. The molecule has 11 nitrogen and oxygen atoms in total. The third-order valence-corrected chi connectivity index (χ3v) is 5.37. The van der Waals surface area contributed by atoms with Crippen molar-refractivity contribution in [2.45, 2.75) is 13.0 Å². The van der Waals surface area contributed by atoms with E-state index >= 15 is 0 Å². The SMILES string of the molecule is COc1cc(C(=O)N(C)CCCn2cnc3c2c(=O)n(C)c(=O)n3C)cc(OC)c1OC. The van der Waals surface area contributed by atoms with Crippen LogP contribution in [0, 0.1) is 0 Å². The van der Waals surface area contributed by atoms with Crippen molar-refractivity contribution in [3.8, 4) is 17.2 Å². The number of methoxy groups -OCH3 is 3. The zero-order chi connectivity index (χ0) is 23.6. The third kappa shape index (κ3) is 3.93. The fourth-order valence-corrected chi connectivity index (χ4v) is 3.57. The van der Waals surface area contributed by atoms with Gasteiger partial charge in [0.25, 0.3) is 11.5 Å². The molecule has 1 aromatic carbocycles. The van der Waals surface area contributed by atoms with Crippen LogP contribution in [0.3, 0.4) is 0 Å². The minimum atomic E-state index is -0.427. The Hall–Kier alpha value is -3.76. The normalized spacial score (nSPS) is 10.9. The maximum atomic E-state index is 12.9. The predicted octanol–water partition coefficient (Wildman–Crippen LogP) is 0.622. The van der Waals surface area contributed by atoms with Crippen LogP contribution in [-0.4, -0.2) is 64.4 Å². The monoisotopic (exact) mass is 445 g/mol. The largest absolute Gasteiger partial charge is 0.493 e. The summed E-state index contributed by atoms with van der Waals surface area (Å²) in [5, 5.41) is 0. The molecule has 0 radical (unpaired) electrons. The number of hydrogen-bond donors (Lipinski definition) is 0. The Balaban J connectivity index is 1.76. The first kappa shape index (κ1) is 22.9. The van der Waals surface area contributed by atoms with Crippen LogP contribution in [0.4, 0.5) is 0 Å². The summed E-state index contributed by atoms with van der Waals surface area (Å²) in [6.07, 6.45) is 2.11. The zero-order valence-corrected chi connectivity index (χ0v) is 19.0. The lowest BCUT2D eigenvalue weighted by molar-refractivity contribution is 0.0791. The molecule has 0 aliphatic rings. The van der Waals surface area contributed by atoms with Gasteiger partial charge in [-0.2, -0.15) is 0 Å². The highest BCUT2D eigenvalue weighted by atomic mass is 16.5. The lowest BCUT2D eigenvalue weighted by atomic mass is 10.1. The number of rotatable bonds is 8. The van der Waals surface area contributed by atoms with Gasteiger partial charge in [0.05, 0.1) is 27.7 Å². The molecule has 3 aromatic rings. The summed E-state index contributed by atoms with van der Waals surface area (Å²) < 4.78 is 20.0. The second-order valence-corrected chi connectivity index (χ2v) is 7.31. The van der Waals surface area contributed by atoms with Gasteiger partial charge in [0.15, 0.2) is 22.7 Å². The second kappa shape index (κ2) is 9.16. The molecule has 0 saturated carbocycles. The molecule has 0 atom stereocenters. The maximum Gasteiger partial charge on any atom is 0.332 e. The quantitative estimate of drug-likeness (QED) is 0.500. The molecule has 11 heteroatoms. The van der Waals surface area contributed by atoms with Crippen molar-refractivity contribution in [1.29, 1.82) is 0 Å². The second-order valence-electron chi connectivity index (χ2n) is 7.31. The number of aryl methyl sites for hydroxylation is 2. The Bertz CT molecular complexity index is 1250. The van der Waals surface area contributed by atoms with Gasteiger partial charge >= 0.3 is 5.69 Å². The Kier molecular flexibility index (Phi) is 6.56. The lowest BCUT2D eigenvalue weighted by Crippen LogP contribution is -2.37. The molecule has 0 fully saturated rings. The standard InChI is InChI=1S/C21H27N5O6/c1-23(19(27)13-10-14(30-4)17(32-6)15(11-13)31-5)8-7-9-26-12-22-18-16(26)20(28)25(3)21(29)24(18)2/h10-12H,7-9H2,1-6H3. The van der Waals surface area contributed by atoms with Crippen LogP contribution in [0.25, 0.3) is 11.2 Å². The third-order valence-electron chi connectivity index (χ3n) is 5.37. The van der Waals surface area contributed by atoms with Crippen molar-refractivity contribution in [2.75, 3.05) is 34.9 Å². The van der Waals surface area contributed by atoms with E-state index in [9.17, 15) is 14.4 Å². The molecule has 3 rings (SSSR count). The highest BCUT2D eigenvalue weighted by Gasteiger charge is 2.20. The predicted molar refractivity (Wildman–Crippen MR) is 118 cm³/mol. The van der Waals surface area contributed by atoms with E-state index in [2.05, 4.69) is 4.98 Å². The molecule has 0 aliphatic heterocycles. The zero-order valence-electron chi connectivity index (χ0n) is 19.0. The Morgan fingerprint density at radius 1 is 1.03 bits per heavy atom. The smallest absolute Gasteiger partial charge is 0.332 e. The molecular formula is C21H27N5O6. The number of nitrogens with zero attached hydrogens (tertiary/aromatic N) is 5. The molecule has 2 aromatic heterocycles. The molecule has 0 unspecified atom stereocenters. The lowest BCUT2D eigenvalue weighted by Gasteiger charge is -2.19. The van der Waals surface area contributed by atoms with E-state index in [4.69, 9.17) is 14.2 Å². The van der Waals surface area contributed by atoms with E-state index < -0.39 is 11.2 Å². The topological polar surface area (TPSA) is 110 Å². The fraction of sp³-hybridized carbons (Fsp3) is 0.429. The molecule has 0 aliphatic carbocycles. The molecule has 0 spiro atoms. The number of imidazole rings is 1. The van der Waals surface area contributed by atoms with Crippen molar-refractivity contribution in [2.24, 2.45) is 14.1 Å². The average molecular weight is 445 g/mol. The summed E-state index contributed by atoms with van der Waals surface area (Å²) in [5.74, 6) is 1.00. The minimum absolute atomic E-state index is 0.210.